The first-order valence-corrected chi connectivity index (χ1v) is 2.54. The fourth-order valence-corrected chi connectivity index (χ4v) is 0.285. The summed E-state index contributed by atoms with van der Waals surface area (Å²) in [5.41, 5.74) is 5.16. The van der Waals surface area contributed by atoms with E-state index in [1.807, 2.05) is 0 Å². The summed E-state index contributed by atoms with van der Waals surface area (Å²) in [5, 5.41) is 8.23. The molecule has 0 aliphatic rings. The summed E-state index contributed by atoms with van der Waals surface area (Å²) in [7, 11) is 0. The predicted molar refractivity (Wildman–Crippen MR) is 30.4 cm³/mol. The second-order valence-electron chi connectivity index (χ2n) is 2.11. The van der Waals surface area contributed by atoms with Crippen LogP contribution in [0.1, 0.15) is 13.8 Å². The normalized spacial score (nSPS) is 12.4. The van der Waals surface area contributed by atoms with E-state index >= 15 is 0 Å². The molecule has 0 saturated heterocycles. The number of nitrogens with two attached hydrogens (primary N) is 1. The van der Waals surface area contributed by atoms with Crippen LogP contribution in [0.5, 0.6) is 0 Å². The molecule has 0 aromatic rings. The Bertz CT molecular complexity index is 95.0. The zero-order valence-electron chi connectivity index (χ0n) is 5.50. The van der Waals surface area contributed by atoms with Crippen molar-refractivity contribution in [2.24, 2.45) is 11.7 Å². The third-order valence-corrected chi connectivity index (χ3v) is 1.00. The van der Waals surface area contributed by atoms with Gasteiger partial charge in [-0.05, 0) is 5.92 Å². The van der Waals surface area contributed by atoms with Crippen molar-refractivity contribution in [3.8, 4) is 0 Å². The van der Waals surface area contributed by atoms with Gasteiger partial charge in [0.2, 0.25) is 0 Å². The van der Waals surface area contributed by atoms with Crippen LogP contribution in [0, 0.1) is 5.92 Å². The smallest absolute Gasteiger partial charge is 0.320 e. The Kier molecular flexibility index (Phi) is 6.52. The number of hydrogen-bond donors (Lipinski definition) is 2. The van der Waals surface area contributed by atoms with Crippen molar-refractivity contribution in [2.75, 3.05) is 0 Å². The molecule has 0 spiro atoms. The summed E-state index contributed by atoms with van der Waals surface area (Å²) >= 11 is 0. The molecular weight excluding hydrogens is 202 g/mol. The average Bonchev–Trinajstić information content (AvgIpc) is 1.64. The number of carbonyl (C=O) groups is 1. The van der Waals surface area contributed by atoms with Crippen LogP contribution in [0.2, 0.25) is 0 Å². The molecule has 0 amide bonds. The van der Waals surface area contributed by atoms with Crippen LogP contribution in [0.3, 0.4) is 0 Å². The van der Waals surface area contributed by atoms with E-state index in [9.17, 15) is 4.79 Å². The quantitative estimate of drug-likeness (QED) is 0.637. The van der Waals surface area contributed by atoms with Gasteiger partial charge in [-0.3, -0.25) is 4.79 Å². The Morgan fingerprint density at radius 2 is 1.89 bits per heavy atom. The van der Waals surface area contributed by atoms with Crippen LogP contribution in [0.4, 0.5) is 0 Å². The van der Waals surface area contributed by atoms with Gasteiger partial charge < -0.3 is 10.8 Å². The van der Waals surface area contributed by atoms with Gasteiger partial charge in [-0.25, -0.2) is 0 Å². The standard InChI is InChI=1S/C5H11NO2.Mo/c1-3(2)4(6)5(7)8;/h3-4H,6H2,1-2H3,(H,7,8);. The molecule has 0 heterocycles. The Labute approximate surface area is 68.9 Å². The van der Waals surface area contributed by atoms with Gasteiger partial charge in [-0.2, -0.15) is 0 Å². The summed E-state index contributed by atoms with van der Waals surface area (Å²) in [6.07, 6.45) is 0. The number of carboxylic acids is 1. The number of hydrogen-bond acceptors (Lipinski definition) is 2. The molecule has 0 saturated carbocycles. The van der Waals surface area contributed by atoms with Crippen molar-refractivity contribution in [2.45, 2.75) is 19.9 Å². The van der Waals surface area contributed by atoms with E-state index in [1.165, 1.54) is 0 Å². The largest absolute Gasteiger partial charge is 0.480 e. The van der Waals surface area contributed by atoms with Crippen LogP contribution < -0.4 is 5.73 Å². The topological polar surface area (TPSA) is 63.3 Å². The van der Waals surface area contributed by atoms with Crippen molar-refractivity contribution in [3.05, 3.63) is 0 Å². The minimum atomic E-state index is -0.931. The van der Waals surface area contributed by atoms with Gasteiger partial charge in [0.05, 0.1) is 0 Å². The molecule has 0 aliphatic carbocycles. The minimum Gasteiger partial charge on any atom is -0.480 e. The molecule has 0 rings (SSSR count). The van der Waals surface area contributed by atoms with E-state index in [0.717, 1.165) is 0 Å². The second-order valence-corrected chi connectivity index (χ2v) is 2.11. The van der Waals surface area contributed by atoms with Crippen molar-refractivity contribution in [1.82, 2.24) is 0 Å². The van der Waals surface area contributed by atoms with E-state index in [0.29, 0.717) is 0 Å². The summed E-state index contributed by atoms with van der Waals surface area (Å²) in [6, 6.07) is -0.713. The summed E-state index contributed by atoms with van der Waals surface area (Å²) in [6.45, 7) is 3.55. The first-order chi connectivity index (χ1) is 3.55. The van der Waals surface area contributed by atoms with Crippen molar-refractivity contribution in [3.63, 3.8) is 0 Å². The van der Waals surface area contributed by atoms with Crippen LogP contribution >= 0.6 is 0 Å². The van der Waals surface area contributed by atoms with Crippen LogP contribution in [0.25, 0.3) is 0 Å². The average molecular weight is 213 g/mol. The Morgan fingerprint density at radius 1 is 1.56 bits per heavy atom. The minimum absolute atomic E-state index is 0. The molecule has 3 nitrogen and oxygen atoms in total. The molecule has 0 aromatic heterocycles. The molecule has 54 valence electrons. The summed E-state index contributed by atoms with van der Waals surface area (Å²) < 4.78 is 0. The number of carboxylic acid groups (broad SMARTS) is 1. The molecule has 4 heteroatoms. The third kappa shape index (κ3) is 4.61. The number of aliphatic carboxylic acids is 1. The van der Waals surface area contributed by atoms with Crippen LogP contribution in [-0.2, 0) is 25.9 Å². The zero-order chi connectivity index (χ0) is 6.73. The van der Waals surface area contributed by atoms with Gasteiger partial charge >= 0.3 is 5.97 Å². The van der Waals surface area contributed by atoms with Gasteiger partial charge in [0.15, 0.2) is 0 Å². The molecule has 1 atom stereocenters. The molecule has 0 aliphatic heterocycles. The van der Waals surface area contributed by atoms with Crippen LogP contribution in [-0.4, -0.2) is 17.1 Å². The Balaban J connectivity index is 0. The molecule has 0 fully saturated rings. The monoisotopic (exact) mass is 215 g/mol. The fraction of sp³-hybridized carbons (Fsp3) is 0.800. The predicted octanol–water partition coefficient (Wildman–Crippen LogP) is 0.0518. The van der Waals surface area contributed by atoms with Gasteiger partial charge in [0.1, 0.15) is 6.04 Å². The molecule has 0 radical (unpaired) electrons. The molecule has 0 aromatic carbocycles. The maximum absolute atomic E-state index is 10.0. The van der Waals surface area contributed by atoms with E-state index in [2.05, 4.69) is 0 Å². The molecule has 9 heavy (non-hydrogen) atoms. The zero-order valence-corrected chi connectivity index (χ0v) is 7.50. The van der Waals surface area contributed by atoms with E-state index in [-0.39, 0.29) is 27.0 Å². The van der Waals surface area contributed by atoms with Crippen molar-refractivity contribution in [1.29, 1.82) is 0 Å². The van der Waals surface area contributed by atoms with E-state index < -0.39 is 12.0 Å². The molecule has 0 bridgehead atoms. The van der Waals surface area contributed by atoms with Gasteiger partial charge in [0, 0.05) is 21.1 Å². The Morgan fingerprint density at radius 3 is 1.89 bits per heavy atom. The third-order valence-electron chi connectivity index (χ3n) is 1.00. The maximum atomic E-state index is 10.0. The summed E-state index contributed by atoms with van der Waals surface area (Å²) in [4.78, 5) is 10.0. The van der Waals surface area contributed by atoms with Crippen LogP contribution in [0.15, 0.2) is 0 Å². The van der Waals surface area contributed by atoms with Gasteiger partial charge in [-0.1, -0.05) is 13.8 Å². The number of rotatable bonds is 2. The maximum Gasteiger partial charge on any atom is 0.320 e. The molecule has 1 unspecified atom stereocenters. The second kappa shape index (κ2) is 4.95. The van der Waals surface area contributed by atoms with Crippen molar-refractivity contribution >= 4 is 5.97 Å². The summed E-state index contributed by atoms with van der Waals surface area (Å²) in [5.74, 6) is -0.910. The SMILES string of the molecule is CC(C)C(N)C(=O)O.[Mo]. The molecular formula is C5H11MoNO2. The first-order valence-electron chi connectivity index (χ1n) is 2.54. The fourth-order valence-electron chi connectivity index (χ4n) is 0.285. The van der Waals surface area contributed by atoms with E-state index in [1.54, 1.807) is 13.8 Å². The van der Waals surface area contributed by atoms with Gasteiger partial charge in [0.25, 0.3) is 0 Å². The van der Waals surface area contributed by atoms with E-state index in [4.69, 9.17) is 10.8 Å². The van der Waals surface area contributed by atoms with Crippen molar-refractivity contribution < 1.29 is 31.0 Å². The Hall–Kier alpha value is 0.118. The first kappa shape index (κ1) is 11.9. The molecule has 3 N–H and O–H groups in total. The van der Waals surface area contributed by atoms with Gasteiger partial charge in [-0.15, -0.1) is 0 Å².